The zero-order valence-corrected chi connectivity index (χ0v) is 12.4. The third-order valence-corrected chi connectivity index (χ3v) is 4.11. The normalized spacial score (nSPS) is 17.5. The summed E-state index contributed by atoms with van der Waals surface area (Å²) in [4.78, 5) is 16.6. The lowest BCUT2D eigenvalue weighted by Crippen LogP contribution is -2.32. The van der Waals surface area contributed by atoms with Gasteiger partial charge in [-0.1, -0.05) is 19.1 Å². The van der Waals surface area contributed by atoms with Gasteiger partial charge in [0.25, 0.3) is 5.56 Å². The number of nitrogens with zero attached hydrogens (tertiary/aromatic N) is 2. The third-order valence-electron chi connectivity index (χ3n) is 4.11. The van der Waals surface area contributed by atoms with Gasteiger partial charge in [-0.25, -0.2) is 0 Å². The summed E-state index contributed by atoms with van der Waals surface area (Å²) in [6.45, 7) is 3.63. The topological polar surface area (TPSA) is 46.9 Å². The van der Waals surface area contributed by atoms with Crippen molar-refractivity contribution in [3.63, 3.8) is 0 Å². The minimum Gasteiger partial charge on any atom is -0.310 e. The highest BCUT2D eigenvalue weighted by molar-refractivity contribution is 5.28. The maximum absolute atomic E-state index is 12.3. The molecular weight excluding hydrogens is 262 g/mol. The van der Waals surface area contributed by atoms with Crippen LogP contribution in [0.1, 0.15) is 42.8 Å². The number of hydrogen-bond acceptors (Lipinski definition) is 3. The van der Waals surface area contributed by atoms with Crippen LogP contribution in [0, 0.1) is 0 Å². The van der Waals surface area contributed by atoms with Crippen LogP contribution in [0.5, 0.6) is 0 Å². The van der Waals surface area contributed by atoms with Gasteiger partial charge >= 0.3 is 0 Å². The maximum Gasteiger partial charge on any atom is 0.251 e. The molecule has 110 valence electrons. The summed E-state index contributed by atoms with van der Waals surface area (Å²) in [5.74, 6) is 0. The second-order valence-electron chi connectivity index (χ2n) is 5.48. The molecule has 0 saturated heterocycles. The van der Waals surface area contributed by atoms with Crippen molar-refractivity contribution in [3.8, 4) is 0 Å². The number of fused-ring (bicyclic) bond motifs is 1. The summed E-state index contributed by atoms with van der Waals surface area (Å²) in [6, 6.07) is 9.89. The van der Waals surface area contributed by atoms with E-state index in [9.17, 15) is 4.79 Å². The van der Waals surface area contributed by atoms with E-state index in [0.717, 1.165) is 31.5 Å². The molecule has 0 aliphatic heterocycles. The maximum atomic E-state index is 12.3. The van der Waals surface area contributed by atoms with Crippen molar-refractivity contribution in [2.75, 3.05) is 6.54 Å². The molecule has 0 saturated carbocycles. The van der Waals surface area contributed by atoms with Crippen LogP contribution in [0.15, 0.2) is 41.3 Å². The molecule has 21 heavy (non-hydrogen) atoms. The predicted octanol–water partition coefficient (Wildman–Crippen LogP) is 2.28. The molecule has 1 aliphatic rings. The number of rotatable bonds is 4. The van der Waals surface area contributed by atoms with Crippen LogP contribution in [0.3, 0.4) is 0 Å². The van der Waals surface area contributed by atoms with Gasteiger partial charge in [-0.05, 0) is 43.5 Å². The van der Waals surface area contributed by atoms with Gasteiger partial charge in [0.15, 0.2) is 0 Å². The Hall–Kier alpha value is -1.94. The molecule has 0 bridgehead atoms. The highest BCUT2D eigenvalue weighted by Gasteiger charge is 2.22. The van der Waals surface area contributed by atoms with Crippen molar-refractivity contribution in [2.45, 2.75) is 38.8 Å². The van der Waals surface area contributed by atoms with Crippen LogP contribution in [0.4, 0.5) is 0 Å². The smallest absolute Gasteiger partial charge is 0.251 e. The minimum atomic E-state index is 0.0663. The van der Waals surface area contributed by atoms with E-state index in [4.69, 9.17) is 0 Å². The van der Waals surface area contributed by atoms with Crippen LogP contribution in [-0.4, -0.2) is 16.1 Å². The van der Waals surface area contributed by atoms with Crippen LogP contribution >= 0.6 is 0 Å². The standard InChI is InChI=1S/C17H21N3O/c1-2-18-15-7-5-8-16-14(15)9-10-17(21)20(16)12-13-6-3-4-11-19-13/h3-4,6,9-11,15,18H,2,5,7-8,12H2,1H3. The second kappa shape index (κ2) is 6.22. The van der Waals surface area contributed by atoms with E-state index in [2.05, 4.69) is 17.2 Å². The lowest BCUT2D eigenvalue weighted by atomic mass is 9.91. The first-order valence-corrected chi connectivity index (χ1v) is 7.65. The summed E-state index contributed by atoms with van der Waals surface area (Å²) in [5.41, 5.74) is 3.44. The van der Waals surface area contributed by atoms with E-state index in [0.29, 0.717) is 12.6 Å². The fourth-order valence-corrected chi connectivity index (χ4v) is 3.15. The Balaban J connectivity index is 2.00. The fraction of sp³-hybridized carbons (Fsp3) is 0.412. The van der Waals surface area contributed by atoms with E-state index in [1.165, 1.54) is 11.3 Å². The third kappa shape index (κ3) is 2.90. The number of pyridine rings is 2. The Bertz CT molecular complexity index is 663. The van der Waals surface area contributed by atoms with Crippen LogP contribution in [-0.2, 0) is 13.0 Å². The molecule has 4 heteroatoms. The van der Waals surface area contributed by atoms with E-state index in [1.54, 1.807) is 12.3 Å². The molecule has 0 amide bonds. The highest BCUT2D eigenvalue weighted by atomic mass is 16.1. The molecule has 1 aliphatic carbocycles. The molecule has 4 nitrogen and oxygen atoms in total. The lowest BCUT2D eigenvalue weighted by Gasteiger charge is -2.28. The molecule has 1 N–H and O–H groups in total. The van der Waals surface area contributed by atoms with E-state index in [-0.39, 0.29) is 5.56 Å². The van der Waals surface area contributed by atoms with Crippen molar-refractivity contribution in [1.82, 2.24) is 14.9 Å². The zero-order valence-electron chi connectivity index (χ0n) is 12.4. The van der Waals surface area contributed by atoms with Crippen molar-refractivity contribution >= 4 is 0 Å². The van der Waals surface area contributed by atoms with Gasteiger partial charge in [0, 0.05) is 24.0 Å². The van der Waals surface area contributed by atoms with Crippen LogP contribution in [0.25, 0.3) is 0 Å². The second-order valence-corrected chi connectivity index (χ2v) is 5.48. The molecule has 0 radical (unpaired) electrons. The molecule has 1 unspecified atom stereocenters. The monoisotopic (exact) mass is 283 g/mol. The quantitative estimate of drug-likeness (QED) is 0.936. The molecule has 0 spiro atoms. The van der Waals surface area contributed by atoms with Gasteiger partial charge in [0.1, 0.15) is 0 Å². The van der Waals surface area contributed by atoms with Crippen molar-refractivity contribution in [1.29, 1.82) is 0 Å². The van der Waals surface area contributed by atoms with Gasteiger partial charge in [0.2, 0.25) is 0 Å². The predicted molar refractivity (Wildman–Crippen MR) is 83.4 cm³/mol. The van der Waals surface area contributed by atoms with E-state index < -0.39 is 0 Å². The van der Waals surface area contributed by atoms with Gasteiger partial charge in [-0.15, -0.1) is 0 Å². The van der Waals surface area contributed by atoms with Crippen molar-refractivity contribution in [3.05, 3.63) is 63.8 Å². The van der Waals surface area contributed by atoms with Gasteiger partial charge in [-0.2, -0.15) is 0 Å². The average Bonchev–Trinajstić information content (AvgIpc) is 2.52. The first-order chi connectivity index (χ1) is 10.3. The molecule has 2 aromatic rings. The van der Waals surface area contributed by atoms with Crippen molar-refractivity contribution < 1.29 is 0 Å². The van der Waals surface area contributed by atoms with Crippen LogP contribution in [0.2, 0.25) is 0 Å². The first kappa shape index (κ1) is 14.0. The van der Waals surface area contributed by atoms with E-state index in [1.807, 2.05) is 28.8 Å². The van der Waals surface area contributed by atoms with Crippen LogP contribution < -0.4 is 10.9 Å². The molecule has 2 heterocycles. The fourth-order valence-electron chi connectivity index (χ4n) is 3.15. The van der Waals surface area contributed by atoms with Gasteiger partial charge in [0.05, 0.1) is 12.2 Å². The van der Waals surface area contributed by atoms with Gasteiger partial charge in [-0.3, -0.25) is 9.78 Å². The molecular formula is C17H21N3O. The number of aromatic nitrogens is 2. The number of hydrogen-bond donors (Lipinski definition) is 1. The van der Waals surface area contributed by atoms with Crippen molar-refractivity contribution in [2.24, 2.45) is 0 Å². The largest absolute Gasteiger partial charge is 0.310 e. The molecule has 0 fully saturated rings. The summed E-state index contributed by atoms with van der Waals surface area (Å²) in [5, 5.41) is 3.52. The molecule has 1 atom stereocenters. The lowest BCUT2D eigenvalue weighted by molar-refractivity contribution is 0.452. The molecule has 2 aromatic heterocycles. The molecule has 0 aromatic carbocycles. The molecule has 3 rings (SSSR count). The summed E-state index contributed by atoms with van der Waals surface area (Å²) in [6.07, 6.45) is 5.01. The SMILES string of the molecule is CCNC1CCCc2c1ccc(=O)n2Cc1ccccn1. The number of nitrogens with one attached hydrogen (secondary N) is 1. The Labute approximate surface area is 124 Å². The first-order valence-electron chi connectivity index (χ1n) is 7.65. The summed E-state index contributed by atoms with van der Waals surface area (Å²) >= 11 is 0. The minimum absolute atomic E-state index is 0.0663. The Morgan fingerprint density at radius 1 is 1.33 bits per heavy atom. The Morgan fingerprint density at radius 2 is 2.24 bits per heavy atom. The van der Waals surface area contributed by atoms with Gasteiger partial charge < -0.3 is 9.88 Å². The highest BCUT2D eigenvalue weighted by Crippen LogP contribution is 2.28. The summed E-state index contributed by atoms with van der Waals surface area (Å²) in [7, 11) is 0. The summed E-state index contributed by atoms with van der Waals surface area (Å²) < 4.78 is 1.89. The Morgan fingerprint density at radius 3 is 3.00 bits per heavy atom. The zero-order chi connectivity index (χ0) is 14.7. The average molecular weight is 283 g/mol. The Kier molecular flexibility index (Phi) is 4.15. The van der Waals surface area contributed by atoms with E-state index >= 15 is 0 Å².